The standard InChI is InChI=1S/C19H27N3O3/c20-18(24)13-4-3-5-14(12-13)19(25)21-15-8-10-22(11-9-15)16-6-1-2-7-17(16)23/h3-5,12,15-17,23H,1-2,6-11H2,(H2,20,24)(H,21,25). The molecule has 25 heavy (non-hydrogen) atoms. The van der Waals surface area contributed by atoms with Crippen LogP contribution in [0, 0.1) is 0 Å². The fourth-order valence-electron chi connectivity index (χ4n) is 3.98. The SMILES string of the molecule is NC(=O)c1cccc(C(=O)NC2CCN(C3CCCCC3O)CC2)c1. The number of nitrogens with one attached hydrogen (secondary N) is 1. The molecule has 136 valence electrons. The smallest absolute Gasteiger partial charge is 0.251 e. The van der Waals surface area contributed by atoms with E-state index in [1.165, 1.54) is 12.5 Å². The molecule has 1 aliphatic carbocycles. The Hall–Kier alpha value is -1.92. The van der Waals surface area contributed by atoms with E-state index in [1.807, 2.05) is 0 Å². The van der Waals surface area contributed by atoms with E-state index in [0.29, 0.717) is 11.1 Å². The molecule has 0 spiro atoms. The summed E-state index contributed by atoms with van der Waals surface area (Å²) in [6.07, 6.45) is 5.82. The number of carbonyl (C=O) groups is 2. The third kappa shape index (κ3) is 4.38. The Morgan fingerprint density at radius 3 is 2.44 bits per heavy atom. The first-order valence-electron chi connectivity index (χ1n) is 9.17. The van der Waals surface area contributed by atoms with Crippen LogP contribution in [0.5, 0.6) is 0 Å². The topological polar surface area (TPSA) is 95.7 Å². The maximum Gasteiger partial charge on any atom is 0.251 e. The maximum atomic E-state index is 12.4. The second-order valence-electron chi connectivity index (χ2n) is 7.15. The molecule has 1 aliphatic heterocycles. The number of benzene rings is 1. The number of primary amides is 1. The zero-order valence-electron chi connectivity index (χ0n) is 14.5. The van der Waals surface area contributed by atoms with Gasteiger partial charge in [-0.25, -0.2) is 0 Å². The first-order chi connectivity index (χ1) is 12.0. The molecule has 1 saturated heterocycles. The molecule has 1 aromatic carbocycles. The zero-order chi connectivity index (χ0) is 17.8. The van der Waals surface area contributed by atoms with Crippen LogP contribution in [0.4, 0.5) is 0 Å². The van der Waals surface area contributed by atoms with E-state index in [2.05, 4.69) is 10.2 Å². The second-order valence-corrected chi connectivity index (χ2v) is 7.15. The van der Waals surface area contributed by atoms with Crippen molar-refractivity contribution in [2.24, 2.45) is 5.73 Å². The van der Waals surface area contributed by atoms with E-state index in [1.54, 1.807) is 18.2 Å². The molecule has 0 radical (unpaired) electrons. The Kier molecular flexibility index (Phi) is 5.71. The van der Waals surface area contributed by atoms with Crippen LogP contribution in [0.2, 0.25) is 0 Å². The predicted molar refractivity (Wildman–Crippen MR) is 95.3 cm³/mol. The van der Waals surface area contributed by atoms with Crippen LogP contribution in [0.1, 0.15) is 59.2 Å². The zero-order valence-corrected chi connectivity index (χ0v) is 14.5. The van der Waals surface area contributed by atoms with Gasteiger partial charge in [-0.05, 0) is 43.9 Å². The van der Waals surface area contributed by atoms with Crippen molar-refractivity contribution in [3.63, 3.8) is 0 Å². The molecule has 2 unspecified atom stereocenters. The molecule has 1 heterocycles. The first-order valence-corrected chi connectivity index (χ1v) is 9.17. The highest BCUT2D eigenvalue weighted by molar-refractivity contribution is 5.99. The van der Waals surface area contributed by atoms with Crippen molar-refractivity contribution in [1.82, 2.24) is 10.2 Å². The van der Waals surface area contributed by atoms with Crippen molar-refractivity contribution in [2.45, 2.75) is 56.7 Å². The fraction of sp³-hybridized carbons (Fsp3) is 0.579. The number of hydrogen-bond donors (Lipinski definition) is 3. The molecule has 2 atom stereocenters. The summed E-state index contributed by atoms with van der Waals surface area (Å²) < 4.78 is 0. The summed E-state index contributed by atoms with van der Waals surface area (Å²) in [5, 5.41) is 13.3. The molecular formula is C19H27N3O3. The summed E-state index contributed by atoms with van der Waals surface area (Å²) in [7, 11) is 0. The van der Waals surface area contributed by atoms with Gasteiger partial charge in [-0.3, -0.25) is 14.5 Å². The quantitative estimate of drug-likeness (QED) is 0.766. The van der Waals surface area contributed by atoms with Crippen molar-refractivity contribution in [1.29, 1.82) is 0 Å². The van der Waals surface area contributed by atoms with Crippen molar-refractivity contribution < 1.29 is 14.7 Å². The van der Waals surface area contributed by atoms with E-state index >= 15 is 0 Å². The van der Waals surface area contributed by atoms with Crippen LogP contribution in [0.25, 0.3) is 0 Å². The monoisotopic (exact) mass is 345 g/mol. The van der Waals surface area contributed by atoms with Gasteiger partial charge in [0, 0.05) is 36.3 Å². The van der Waals surface area contributed by atoms with E-state index in [-0.39, 0.29) is 24.1 Å². The van der Waals surface area contributed by atoms with Crippen LogP contribution in [0.15, 0.2) is 24.3 Å². The Morgan fingerprint density at radius 2 is 1.76 bits per heavy atom. The first kappa shape index (κ1) is 17.9. The van der Waals surface area contributed by atoms with Gasteiger partial charge < -0.3 is 16.2 Å². The average Bonchev–Trinajstić information content (AvgIpc) is 2.63. The van der Waals surface area contributed by atoms with Gasteiger partial charge in [-0.1, -0.05) is 18.9 Å². The Bertz CT molecular complexity index is 626. The van der Waals surface area contributed by atoms with Crippen LogP contribution < -0.4 is 11.1 Å². The Balaban J connectivity index is 1.52. The van der Waals surface area contributed by atoms with Gasteiger partial charge in [0.1, 0.15) is 0 Å². The molecule has 2 fully saturated rings. The summed E-state index contributed by atoms with van der Waals surface area (Å²) >= 11 is 0. The highest BCUT2D eigenvalue weighted by Gasteiger charge is 2.31. The molecule has 1 aromatic rings. The number of likely N-dealkylation sites (tertiary alicyclic amines) is 1. The molecule has 4 N–H and O–H groups in total. The van der Waals surface area contributed by atoms with Gasteiger partial charge in [0.15, 0.2) is 0 Å². The number of nitrogens with two attached hydrogens (primary N) is 1. The van der Waals surface area contributed by atoms with Crippen LogP contribution in [-0.4, -0.2) is 53.1 Å². The van der Waals surface area contributed by atoms with Gasteiger partial charge in [0.2, 0.25) is 5.91 Å². The molecule has 0 aromatic heterocycles. The highest BCUT2D eigenvalue weighted by Crippen LogP contribution is 2.26. The molecule has 3 rings (SSSR count). The number of piperidine rings is 1. The Labute approximate surface area is 148 Å². The summed E-state index contributed by atoms with van der Waals surface area (Å²) in [5.41, 5.74) is 6.07. The lowest BCUT2D eigenvalue weighted by Gasteiger charge is -2.41. The second kappa shape index (κ2) is 7.97. The molecule has 2 amide bonds. The number of amides is 2. The number of aliphatic hydroxyl groups is 1. The number of hydrogen-bond acceptors (Lipinski definition) is 4. The van der Waals surface area contributed by atoms with Crippen molar-refractivity contribution in [3.05, 3.63) is 35.4 Å². The van der Waals surface area contributed by atoms with Crippen molar-refractivity contribution >= 4 is 11.8 Å². The molecule has 2 aliphatic rings. The minimum Gasteiger partial charge on any atom is -0.391 e. The van der Waals surface area contributed by atoms with Gasteiger partial charge in [0.05, 0.1) is 6.10 Å². The number of carbonyl (C=O) groups excluding carboxylic acids is 2. The minimum absolute atomic E-state index is 0.127. The van der Waals surface area contributed by atoms with E-state index < -0.39 is 5.91 Å². The summed E-state index contributed by atoms with van der Waals surface area (Å²) in [6, 6.07) is 6.90. The molecule has 6 nitrogen and oxygen atoms in total. The number of nitrogens with zero attached hydrogens (tertiary/aromatic N) is 1. The lowest BCUT2D eigenvalue weighted by atomic mass is 9.89. The molecule has 6 heteroatoms. The fourth-order valence-corrected chi connectivity index (χ4v) is 3.98. The molecule has 0 bridgehead atoms. The largest absolute Gasteiger partial charge is 0.391 e. The summed E-state index contributed by atoms with van der Waals surface area (Å²) in [4.78, 5) is 26.0. The van der Waals surface area contributed by atoms with Gasteiger partial charge in [0.25, 0.3) is 5.91 Å². The number of aliphatic hydroxyl groups excluding tert-OH is 1. The molecule has 1 saturated carbocycles. The van der Waals surface area contributed by atoms with Gasteiger partial charge >= 0.3 is 0 Å². The number of rotatable bonds is 4. The van der Waals surface area contributed by atoms with Gasteiger partial charge in [-0.15, -0.1) is 0 Å². The van der Waals surface area contributed by atoms with E-state index in [4.69, 9.17) is 5.73 Å². The van der Waals surface area contributed by atoms with E-state index in [9.17, 15) is 14.7 Å². The third-order valence-electron chi connectivity index (χ3n) is 5.44. The lowest BCUT2D eigenvalue weighted by Crippen LogP contribution is -2.52. The normalized spacial score (nSPS) is 25.5. The Morgan fingerprint density at radius 1 is 1.08 bits per heavy atom. The minimum atomic E-state index is -0.533. The molecular weight excluding hydrogens is 318 g/mol. The van der Waals surface area contributed by atoms with Crippen molar-refractivity contribution in [2.75, 3.05) is 13.1 Å². The lowest BCUT2D eigenvalue weighted by molar-refractivity contribution is 0.00727. The maximum absolute atomic E-state index is 12.4. The van der Waals surface area contributed by atoms with Crippen LogP contribution in [0.3, 0.4) is 0 Å². The van der Waals surface area contributed by atoms with Gasteiger partial charge in [-0.2, -0.15) is 0 Å². The van der Waals surface area contributed by atoms with Crippen LogP contribution >= 0.6 is 0 Å². The van der Waals surface area contributed by atoms with Crippen molar-refractivity contribution in [3.8, 4) is 0 Å². The average molecular weight is 345 g/mol. The summed E-state index contributed by atoms with van der Waals surface area (Å²) in [5.74, 6) is -0.701. The van der Waals surface area contributed by atoms with Crippen LogP contribution in [-0.2, 0) is 0 Å². The summed E-state index contributed by atoms with van der Waals surface area (Å²) in [6.45, 7) is 1.79. The third-order valence-corrected chi connectivity index (χ3v) is 5.44. The highest BCUT2D eigenvalue weighted by atomic mass is 16.3. The predicted octanol–water partition coefficient (Wildman–Crippen LogP) is 1.28. The van der Waals surface area contributed by atoms with E-state index in [0.717, 1.165) is 45.2 Å².